The molecule has 0 spiro atoms. The van der Waals surface area contributed by atoms with Crippen LogP contribution in [-0.2, 0) is 0 Å². The molecule has 0 aromatic carbocycles. The van der Waals surface area contributed by atoms with Crippen LogP contribution < -0.4 is 0 Å². The molecule has 0 aliphatic heterocycles. The van der Waals surface area contributed by atoms with E-state index in [1.165, 1.54) is 6.08 Å². The molecule has 0 nitrogen and oxygen atoms in total. The molecule has 0 saturated heterocycles. The Balaban J connectivity index is 3.01. The SMILES string of the molecule is CC(=C1C=C(Cl)C=CC1)C(F)(F)F. The fourth-order valence-electron chi connectivity index (χ4n) is 1.02. The lowest BCUT2D eigenvalue weighted by atomic mass is 10.0. The molecule has 0 saturated carbocycles. The average molecular weight is 209 g/mol. The zero-order valence-electron chi connectivity index (χ0n) is 6.95. The van der Waals surface area contributed by atoms with Crippen molar-refractivity contribution in [3.05, 3.63) is 34.4 Å². The zero-order chi connectivity index (χ0) is 10.1. The fraction of sp³-hybridized carbons (Fsp3) is 0.333. The number of allylic oxidation sites excluding steroid dienone is 6. The Hall–Kier alpha value is -0.700. The third-order valence-corrected chi connectivity index (χ3v) is 2.07. The molecule has 0 amide bonds. The van der Waals surface area contributed by atoms with Gasteiger partial charge in [-0.3, -0.25) is 0 Å². The van der Waals surface area contributed by atoms with E-state index in [9.17, 15) is 13.2 Å². The monoisotopic (exact) mass is 208 g/mol. The summed E-state index contributed by atoms with van der Waals surface area (Å²) in [6, 6.07) is 0. The average Bonchev–Trinajstić information content (AvgIpc) is 2.01. The molecular formula is C9H8ClF3. The van der Waals surface area contributed by atoms with Gasteiger partial charge in [0.05, 0.1) is 0 Å². The summed E-state index contributed by atoms with van der Waals surface area (Å²) in [6.45, 7) is 1.06. The first kappa shape index (κ1) is 10.4. The van der Waals surface area contributed by atoms with Gasteiger partial charge in [0.1, 0.15) is 0 Å². The van der Waals surface area contributed by atoms with E-state index in [1.807, 2.05) is 0 Å². The molecule has 0 aromatic heterocycles. The highest BCUT2D eigenvalue weighted by Gasteiger charge is 2.32. The summed E-state index contributed by atoms with van der Waals surface area (Å²) < 4.78 is 36.6. The summed E-state index contributed by atoms with van der Waals surface area (Å²) in [5.41, 5.74) is -0.338. The van der Waals surface area contributed by atoms with Crippen LogP contribution in [0.15, 0.2) is 34.4 Å². The molecule has 0 bridgehead atoms. The molecule has 0 N–H and O–H groups in total. The first-order valence-corrected chi connectivity index (χ1v) is 4.10. The molecule has 0 fully saturated rings. The van der Waals surface area contributed by atoms with Crippen LogP contribution in [0.2, 0.25) is 0 Å². The molecular weight excluding hydrogens is 201 g/mol. The highest BCUT2D eigenvalue weighted by molar-refractivity contribution is 6.31. The summed E-state index contributed by atoms with van der Waals surface area (Å²) in [5.74, 6) is 0. The van der Waals surface area contributed by atoms with Gasteiger partial charge in [0.25, 0.3) is 0 Å². The molecule has 13 heavy (non-hydrogen) atoms. The van der Waals surface area contributed by atoms with Gasteiger partial charge in [-0.1, -0.05) is 17.7 Å². The lowest BCUT2D eigenvalue weighted by Crippen LogP contribution is -2.11. The predicted molar refractivity (Wildman–Crippen MR) is 46.4 cm³/mol. The van der Waals surface area contributed by atoms with E-state index >= 15 is 0 Å². The van der Waals surface area contributed by atoms with E-state index in [-0.39, 0.29) is 5.57 Å². The maximum absolute atomic E-state index is 12.2. The van der Waals surface area contributed by atoms with Crippen molar-refractivity contribution in [2.24, 2.45) is 0 Å². The van der Waals surface area contributed by atoms with Crippen LogP contribution in [0.1, 0.15) is 13.3 Å². The summed E-state index contributed by atoms with van der Waals surface area (Å²) in [4.78, 5) is 0. The van der Waals surface area contributed by atoms with Crippen LogP contribution in [0.3, 0.4) is 0 Å². The minimum absolute atomic E-state index is 0.236. The van der Waals surface area contributed by atoms with Gasteiger partial charge < -0.3 is 0 Å². The third kappa shape index (κ3) is 2.62. The summed E-state index contributed by atoms with van der Waals surface area (Å²) in [7, 11) is 0. The first-order chi connectivity index (χ1) is 5.91. The van der Waals surface area contributed by atoms with Crippen molar-refractivity contribution in [2.45, 2.75) is 19.5 Å². The van der Waals surface area contributed by atoms with Gasteiger partial charge in [-0.2, -0.15) is 13.2 Å². The Labute approximate surface area is 79.4 Å². The molecule has 0 unspecified atom stereocenters. The van der Waals surface area contributed by atoms with Gasteiger partial charge in [-0.25, -0.2) is 0 Å². The quantitative estimate of drug-likeness (QED) is 0.566. The third-order valence-electron chi connectivity index (χ3n) is 1.83. The Morgan fingerprint density at radius 1 is 1.46 bits per heavy atom. The number of hydrogen-bond donors (Lipinski definition) is 0. The molecule has 1 aliphatic carbocycles. The van der Waals surface area contributed by atoms with Crippen LogP contribution in [-0.4, -0.2) is 6.18 Å². The Morgan fingerprint density at radius 2 is 2.08 bits per heavy atom. The van der Waals surface area contributed by atoms with Gasteiger partial charge >= 0.3 is 6.18 Å². The molecule has 0 aromatic rings. The van der Waals surface area contributed by atoms with Crippen molar-refractivity contribution >= 4 is 11.6 Å². The van der Waals surface area contributed by atoms with Crippen molar-refractivity contribution in [2.75, 3.05) is 0 Å². The molecule has 1 aliphatic rings. The largest absolute Gasteiger partial charge is 0.412 e. The van der Waals surface area contributed by atoms with Gasteiger partial charge in [0.2, 0.25) is 0 Å². The van der Waals surface area contributed by atoms with Crippen LogP contribution in [0.25, 0.3) is 0 Å². The number of halogens is 4. The van der Waals surface area contributed by atoms with Gasteiger partial charge in [0, 0.05) is 10.6 Å². The maximum atomic E-state index is 12.2. The van der Waals surface area contributed by atoms with Gasteiger partial charge in [0.15, 0.2) is 0 Å². The van der Waals surface area contributed by atoms with Crippen molar-refractivity contribution in [1.82, 2.24) is 0 Å². The Kier molecular flexibility index (Phi) is 2.86. The second-order valence-electron chi connectivity index (χ2n) is 2.78. The van der Waals surface area contributed by atoms with Gasteiger partial charge in [-0.05, 0) is 31.1 Å². The van der Waals surface area contributed by atoms with E-state index in [0.717, 1.165) is 6.92 Å². The minimum atomic E-state index is -4.26. The predicted octanol–water partition coefficient (Wildman–Crippen LogP) is 3.95. The number of alkyl halides is 3. The van der Waals surface area contributed by atoms with Crippen molar-refractivity contribution in [1.29, 1.82) is 0 Å². The van der Waals surface area contributed by atoms with E-state index in [1.54, 1.807) is 12.2 Å². The summed E-state index contributed by atoms with van der Waals surface area (Å²) >= 11 is 5.58. The van der Waals surface area contributed by atoms with E-state index in [4.69, 9.17) is 11.6 Å². The highest BCUT2D eigenvalue weighted by atomic mass is 35.5. The summed E-state index contributed by atoms with van der Waals surface area (Å²) in [5, 5.41) is 0.338. The smallest absolute Gasteiger partial charge is 0.166 e. The molecule has 0 atom stereocenters. The van der Waals surface area contributed by atoms with E-state index in [2.05, 4.69) is 0 Å². The molecule has 4 heteroatoms. The van der Waals surface area contributed by atoms with E-state index in [0.29, 0.717) is 11.5 Å². The second kappa shape index (κ2) is 3.58. The molecule has 72 valence electrons. The first-order valence-electron chi connectivity index (χ1n) is 3.72. The van der Waals surface area contributed by atoms with Crippen molar-refractivity contribution in [3.63, 3.8) is 0 Å². The minimum Gasteiger partial charge on any atom is -0.166 e. The zero-order valence-corrected chi connectivity index (χ0v) is 7.71. The second-order valence-corrected chi connectivity index (χ2v) is 3.22. The topological polar surface area (TPSA) is 0 Å². The Bertz CT molecular complexity index is 294. The van der Waals surface area contributed by atoms with Crippen LogP contribution in [0.5, 0.6) is 0 Å². The van der Waals surface area contributed by atoms with Crippen molar-refractivity contribution in [3.8, 4) is 0 Å². The Morgan fingerprint density at radius 3 is 2.54 bits per heavy atom. The van der Waals surface area contributed by atoms with Crippen LogP contribution >= 0.6 is 11.6 Å². The lowest BCUT2D eigenvalue weighted by Gasteiger charge is -2.12. The molecule has 0 radical (unpaired) electrons. The maximum Gasteiger partial charge on any atom is 0.412 e. The van der Waals surface area contributed by atoms with Crippen LogP contribution in [0, 0.1) is 0 Å². The van der Waals surface area contributed by atoms with Gasteiger partial charge in [-0.15, -0.1) is 0 Å². The van der Waals surface area contributed by atoms with Crippen LogP contribution in [0.4, 0.5) is 13.2 Å². The van der Waals surface area contributed by atoms with Crippen molar-refractivity contribution < 1.29 is 13.2 Å². The number of rotatable bonds is 0. The fourth-order valence-corrected chi connectivity index (χ4v) is 1.24. The van der Waals surface area contributed by atoms with E-state index < -0.39 is 11.7 Å². The standard InChI is InChI=1S/C9H8ClF3/c1-6(9(11,12)13)7-3-2-4-8(10)5-7/h2,4-5H,3H2,1H3. The lowest BCUT2D eigenvalue weighted by molar-refractivity contribution is -0.0920. The molecule has 0 heterocycles. The normalized spacial score (nSPS) is 21.5. The highest BCUT2D eigenvalue weighted by Crippen LogP contribution is 2.31. The number of hydrogen-bond acceptors (Lipinski definition) is 0. The summed E-state index contributed by atoms with van der Waals surface area (Å²) in [6.07, 6.45) is 0.599. The molecule has 1 rings (SSSR count).